The number of thiocarbonyl (C=S) groups is 1. The van der Waals surface area contributed by atoms with Crippen LogP contribution in [0.25, 0.3) is 11.3 Å². The van der Waals surface area contributed by atoms with E-state index in [0.717, 1.165) is 17.0 Å². The molecule has 26 heavy (non-hydrogen) atoms. The van der Waals surface area contributed by atoms with Crippen molar-refractivity contribution in [2.75, 3.05) is 12.4 Å². The van der Waals surface area contributed by atoms with Crippen LogP contribution in [0.1, 0.15) is 10.4 Å². The first-order valence-electron chi connectivity index (χ1n) is 7.53. The van der Waals surface area contributed by atoms with E-state index in [1.54, 1.807) is 7.11 Å². The van der Waals surface area contributed by atoms with Gasteiger partial charge in [-0.3, -0.25) is 10.1 Å². The Balaban J connectivity index is 1.62. The van der Waals surface area contributed by atoms with Crippen LogP contribution in [0, 0.1) is 5.82 Å². The average molecular weight is 387 g/mol. The Labute approximate surface area is 158 Å². The molecule has 0 saturated heterocycles. The van der Waals surface area contributed by atoms with Crippen molar-refractivity contribution >= 4 is 39.7 Å². The molecule has 0 unspecified atom stereocenters. The van der Waals surface area contributed by atoms with Crippen molar-refractivity contribution in [2.24, 2.45) is 0 Å². The van der Waals surface area contributed by atoms with Crippen LogP contribution in [0.5, 0.6) is 5.75 Å². The van der Waals surface area contributed by atoms with E-state index >= 15 is 0 Å². The molecule has 0 aliphatic carbocycles. The number of methoxy groups -OCH3 is 1. The smallest absolute Gasteiger partial charge is 0.257 e. The van der Waals surface area contributed by atoms with Gasteiger partial charge in [0.25, 0.3) is 5.91 Å². The Kier molecular flexibility index (Phi) is 5.55. The molecule has 1 aromatic heterocycles. The van der Waals surface area contributed by atoms with Crippen LogP contribution in [-0.4, -0.2) is 23.1 Å². The highest BCUT2D eigenvalue weighted by atomic mass is 32.1. The molecule has 0 atom stereocenters. The van der Waals surface area contributed by atoms with E-state index in [2.05, 4.69) is 15.6 Å². The first kappa shape index (κ1) is 18.0. The van der Waals surface area contributed by atoms with E-state index < -0.39 is 11.7 Å². The van der Waals surface area contributed by atoms with Gasteiger partial charge in [-0.1, -0.05) is 0 Å². The standard InChI is InChI=1S/C18H14FN3O2S2/c1-24-14-8-4-11(5-9-14)15-10-26-18(20-15)22-17(25)21-16(23)12-2-6-13(19)7-3-12/h2-10H,1H3,(H2,20,21,22,23,25). The highest BCUT2D eigenvalue weighted by Gasteiger charge is 2.10. The fourth-order valence-corrected chi connectivity index (χ4v) is 3.11. The third-order valence-electron chi connectivity index (χ3n) is 3.44. The maximum Gasteiger partial charge on any atom is 0.257 e. The van der Waals surface area contributed by atoms with Gasteiger partial charge in [-0.15, -0.1) is 11.3 Å². The summed E-state index contributed by atoms with van der Waals surface area (Å²) in [4.78, 5) is 16.5. The van der Waals surface area contributed by atoms with Crippen LogP contribution in [0.15, 0.2) is 53.9 Å². The molecule has 2 aromatic carbocycles. The van der Waals surface area contributed by atoms with Gasteiger partial charge in [0.15, 0.2) is 10.2 Å². The van der Waals surface area contributed by atoms with Gasteiger partial charge in [0.1, 0.15) is 11.6 Å². The summed E-state index contributed by atoms with van der Waals surface area (Å²) in [5.41, 5.74) is 2.04. The molecular formula is C18H14FN3O2S2. The molecule has 8 heteroatoms. The summed E-state index contributed by atoms with van der Waals surface area (Å²) in [6.45, 7) is 0. The number of nitrogens with zero attached hydrogens (tertiary/aromatic N) is 1. The zero-order valence-electron chi connectivity index (χ0n) is 13.7. The molecule has 132 valence electrons. The molecule has 0 radical (unpaired) electrons. The number of hydrogen-bond acceptors (Lipinski definition) is 5. The lowest BCUT2D eigenvalue weighted by Gasteiger charge is -2.07. The van der Waals surface area contributed by atoms with E-state index in [1.807, 2.05) is 29.6 Å². The largest absolute Gasteiger partial charge is 0.497 e. The summed E-state index contributed by atoms with van der Waals surface area (Å²) in [5.74, 6) is -0.0578. The molecule has 1 amide bonds. The molecule has 0 aliphatic heterocycles. The Morgan fingerprint density at radius 1 is 1.15 bits per heavy atom. The molecule has 0 fully saturated rings. The van der Waals surface area contributed by atoms with Gasteiger partial charge in [0, 0.05) is 16.5 Å². The maximum atomic E-state index is 12.9. The molecule has 0 aliphatic rings. The van der Waals surface area contributed by atoms with Crippen LogP contribution in [0.3, 0.4) is 0 Å². The molecule has 3 rings (SSSR count). The molecular weight excluding hydrogens is 373 g/mol. The Bertz CT molecular complexity index is 924. The summed E-state index contributed by atoms with van der Waals surface area (Å²) < 4.78 is 18.0. The topological polar surface area (TPSA) is 63.2 Å². The van der Waals surface area contributed by atoms with Crippen LogP contribution in [0.4, 0.5) is 9.52 Å². The van der Waals surface area contributed by atoms with Crippen molar-refractivity contribution in [3.63, 3.8) is 0 Å². The molecule has 5 nitrogen and oxygen atoms in total. The lowest BCUT2D eigenvalue weighted by molar-refractivity contribution is 0.0977. The van der Waals surface area contributed by atoms with Crippen molar-refractivity contribution in [2.45, 2.75) is 0 Å². The zero-order chi connectivity index (χ0) is 18.5. The minimum Gasteiger partial charge on any atom is -0.497 e. The minimum atomic E-state index is -0.422. The van der Waals surface area contributed by atoms with E-state index in [9.17, 15) is 9.18 Å². The first-order valence-corrected chi connectivity index (χ1v) is 8.82. The number of hydrogen-bond donors (Lipinski definition) is 2. The predicted octanol–water partition coefficient (Wildman–Crippen LogP) is 4.08. The lowest BCUT2D eigenvalue weighted by Crippen LogP contribution is -2.34. The number of thiazole rings is 1. The van der Waals surface area contributed by atoms with Crippen molar-refractivity contribution in [3.05, 3.63) is 65.3 Å². The number of ether oxygens (including phenoxy) is 1. The predicted molar refractivity (Wildman–Crippen MR) is 104 cm³/mol. The molecule has 2 N–H and O–H groups in total. The zero-order valence-corrected chi connectivity index (χ0v) is 15.3. The average Bonchev–Trinajstić information content (AvgIpc) is 3.10. The van der Waals surface area contributed by atoms with Gasteiger partial charge >= 0.3 is 0 Å². The van der Waals surface area contributed by atoms with Crippen LogP contribution < -0.4 is 15.4 Å². The normalized spacial score (nSPS) is 10.2. The third kappa shape index (κ3) is 4.41. The van der Waals surface area contributed by atoms with E-state index in [0.29, 0.717) is 10.7 Å². The number of anilines is 1. The minimum absolute atomic E-state index is 0.120. The van der Waals surface area contributed by atoms with Gasteiger partial charge in [-0.05, 0) is 60.7 Å². The van der Waals surface area contributed by atoms with Gasteiger partial charge in [0.05, 0.1) is 12.8 Å². The molecule has 1 heterocycles. The van der Waals surface area contributed by atoms with Gasteiger partial charge in [-0.25, -0.2) is 9.37 Å². The molecule has 0 spiro atoms. The fraction of sp³-hybridized carbons (Fsp3) is 0.0556. The number of aromatic nitrogens is 1. The summed E-state index contributed by atoms with van der Waals surface area (Å²) in [5, 5.41) is 7.97. The number of amides is 1. The lowest BCUT2D eigenvalue weighted by atomic mass is 10.2. The maximum absolute atomic E-state index is 12.9. The second-order valence-electron chi connectivity index (χ2n) is 5.18. The molecule has 0 saturated carbocycles. The van der Waals surface area contributed by atoms with Crippen molar-refractivity contribution in [3.8, 4) is 17.0 Å². The Morgan fingerprint density at radius 3 is 2.50 bits per heavy atom. The number of rotatable bonds is 4. The summed E-state index contributed by atoms with van der Waals surface area (Å²) in [6.07, 6.45) is 0. The summed E-state index contributed by atoms with van der Waals surface area (Å²) in [7, 11) is 1.61. The van der Waals surface area contributed by atoms with Crippen LogP contribution >= 0.6 is 23.6 Å². The highest BCUT2D eigenvalue weighted by Crippen LogP contribution is 2.26. The number of halogens is 1. The number of carbonyl (C=O) groups is 1. The van der Waals surface area contributed by atoms with Gasteiger partial charge < -0.3 is 10.1 Å². The number of nitrogens with one attached hydrogen (secondary N) is 2. The number of benzene rings is 2. The molecule has 3 aromatic rings. The first-order chi connectivity index (χ1) is 12.5. The van der Waals surface area contributed by atoms with E-state index in [1.165, 1.54) is 35.6 Å². The second-order valence-corrected chi connectivity index (χ2v) is 6.45. The van der Waals surface area contributed by atoms with Gasteiger partial charge in [-0.2, -0.15) is 0 Å². The van der Waals surface area contributed by atoms with Crippen molar-refractivity contribution in [1.29, 1.82) is 0 Å². The van der Waals surface area contributed by atoms with Gasteiger partial charge in [0.2, 0.25) is 0 Å². The Morgan fingerprint density at radius 2 is 1.85 bits per heavy atom. The molecule has 0 bridgehead atoms. The Hall–Kier alpha value is -2.84. The van der Waals surface area contributed by atoms with Crippen molar-refractivity contribution in [1.82, 2.24) is 10.3 Å². The van der Waals surface area contributed by atoms with Crippen LogP contribution in [-0.2, 0) is 0 Å². The monoisotopic (exact) mass is 387 g/mol. The summed E-state index contributed by atoms with van der Waals surface area (Å²) >= 11 is 6.50. The third-order valence-corrected chi connectivity index (χ3v) is 4.41. The van der Waals surface area contributed by atoms with E-state index in [4.69, 9.17) is 17.0 Å². The second kappa shape index (κ2) is 8.03. The number of carbonyl (C=O) groups excluding carboxylic acids is 1. The van der Waals surface area contributed by atoms with Crippen LogP contribution in [0.2, 0.25) is 0 Å². The van der Waals surface area contributed by atoms with E-state index in [-0.39, 0.29) is 5.11 Å². The highest BCUT2D eigenvalue weighted by molar-refractivity contribution is 7.80. The quantitative estimate of drug-likeness (QED) is 0.661. The SMILES string of the molecule is COc1ccc(-c2csc(NC(=S)NC(=O)c3ccc(F)cc3)n2)cc1. The fourth-order valence-electron chi connectivity index (χ4n) is 2.13. The van der Waals surface area contributed by atoms with Crippen molar-refractivity contribution < 1.29 is 13.9 Å². The summed E-state index contributed by atoms with van der Waals surface area (Å²) in [6, 6.07) is 12.7.